The van der Waals surface area contributed by atoms with E-state index in [4.69, 9.17) is 14.7 Å². The van der Waals surface area contributed by atoms with Gasteiger partial charge in [-0.1, -0.05) is 20.8 Å². The van der Waals surface area contributed by atoms with Gasteiger partial charge in [-0.15, -0.1) is 0 Å². The number of rotatable bonds is 9. The molecule has 0 radical (unpaired) electrons. The highest BCUT2D eigenvalue weighted by Gasteiger charge is 2.34. The van der Waals surface area contributed by atoms with Gasteiger partial charge in [0.05, 0.1) is 12.7 Å². The van der Waals surface area contributed by atoms with E-state index in [-0.39, 0.29) is 23.3 Å². The van der Waals surface area contributed by atoms with Crippen LogP contribution in [-0.4, -0.2) is 84.5 Å². The van der Waals surface area contributed by atoms with Gasteiger partial charge in [0.15, 0.2) is 0 Å². The maximum absolute atomic E-state index is 12.3. The molecular weight excluding hydrogens is 454 g/mol. The highest BCUT2D eigenvalue weighted by Crippen LogP contribution is 2.30. The third-order valence-electron chi connectivity index (χ3n) is 8.23. The van der Waals surface area contributed by atoms with Crippen molar-refractivity contribution in [2.24, 2.45) is 11.8 Å². The molecule has 1 aliphatic heterocycles. The minimum absolute atomic E-state index is 0.0377. The van der Waals surface area contributed by atoms with Crippen LogP contribution in [0.4, 0.5) is 5.82 Å². The smallest absolute Gasteiger partial charge is 0.223 e. The van der Waals surface area contributed by atoms with Crippen molar-refractivity contribution >= 4 is 11.7 Å². The van der Waals surface area contributed by atoms with Gasteiger partial charge in [-0.3, -0.25) is 9.69 Å². The van der Waals surface area contributed by atoms with Crippen molar-refractivity contribution in [3.05, 3.63) is 17.6 Å². The Labute approximate surface area is 217 Å². The van der Waals surface area contributed by atoms with E-state index in [0.717, 1.165) is 75.2 Å². The number of nitrogens with one attached hydrogen (secondary N) is 1. The molecule has 3 fully saturated rings. The molecule has 0 bridgehead atoms. The summed E-state index contributed by atoms with van der Waals surface area (Å²) in [7, 11) is 1.73. The zero-order valence-corrected chi connectivity index (χ0v) is 22.8. The van der Waals surface area contributed by atoms with Crippen LogP contribution < -0.4 is 10.2 Å². The van der Waals surface area contributed by atoms with Crippen molar-refractivity contribution in [3.63, 3.8) is 0 Å². The lowest BCUT2D eigenvalue weighted by Gasteiger charge is -2.37. The minimum Gasteiger partial charge on any atom is -0.393 e. The number of amides is 1. The van der Waals surface area contributed by atoms with Crippen LogP contribution in [0.15, 0.2) is 6.07 Å². The van der Waals surface area contributed by atoms with Crippen molar-refractivity contribution < 1.29 is 14.6 Å². The summed E-state index contributed by atoms with van der Waals surface area (Å²) in [5, 5.41) is 12.7. The van der Waals surface area contributed by atoms with Crippen molar-refractivity contribution in [1.29, 1.82) is 0 Å². The first kappa shape index (κ1) is 27.3. The first-order valence-corrected chi connectivity index (χ1v) is 14.0. The molecule has 36 heavy (non-hydrogen) atoms. The standard InChI is InChI=1S/C28H47N5O3/c1-28(2,3)27-30-23(10-16-36-4)19-25(31-27)33-14-12-32(13-15-33)11-9-20-5-7-22(8-6-20)29-26(35)21-17-24(34)18-21/h19-22,24,34H,5-18H2,1-4H3,(H,29,35)/t20-,21-,22-,24-. The molecule has 8 heteroatoms. The summed E-state index contributed by atoms with van der Waals surface area (Å²) in [6, 6.07) is 2.48. The molecule has 1 amide bonds. The number of piperazine rings is 1. The van der Waals surface area contributed by atoms with E-state index >= 15 is 0 Å². The fourth-order valence-corrected chi connectivity index (χ4v) is 5.60. The molecule has 1 aromatic rings. The lowest BCUT2D eigenvalue weighted by atomic mass is 9.80. The second-order valence-corrected chi connectivity index (χ2v) is 12.2. The zero-order chi connectivity index (χ0) is 25.7. The molecular formula is C28H47N5O3. The van der Waals surface area contributed by atoms with Gasteiger partial charge in [0, 0.05) is 68.8 Å². The van der Waals surface area contributed by atoms with Crippen LogP contribution in [0.25, 0.3) is 0 Å². The summed E-state index contributed by atoms with van der Waals surface area (Å²) in [6.45, 7) is 12.5. The lowest BCUT2D eigenvalue weighted by molar-refractivity contribution is -0.132. The topological polar surface area (TPSA) is 90.8 Å². The number of carbonyl (C=O) groups excluding carboxylic acids is 1. The van der Waals surface area contributed by atoms with Gasteiger partial charge in [0.2, 0.25) is 5.91 Å². The van der Waals surface area contributed by atoms with Crippen molar-refractivity contribution in [2.45, 2.75) is 89.7 Å². The van der Waals surface area contributed by atoms with Gasteiger partial charge in [0.1, 0.15) is 11.6 Å². The SMILES string of the molecule is COCCc1cc(N2CCN(CC[C@H]3CC[C@H](NC(=O)[C@H]4C[C@H](O)C4)CC3)CC2)nc(C(C)(C)C)n1. The van der Waals surface area contributed by atoms with Gasteiger partial charge in [-0.05, 0) is 57.4 Å². The molecule has 202 valence electrons. The van der Waals surface area contributed by atoms with E-state index in [1.54, 1.807) is 7.11 Å². The largest absolute Gasteiger partial charge is 0.393 e. The molecule has 0 unspecified atom stereocenters. The third kappa shape index (κ3) is 7.39. The molecule has 1 aromatic heterocycles. The lowest BCUT2D eigenvalue weighted by Crippen LogP contribution is -2.47. The van der Waals surface area contributed by atoms with Crippen LogP contribution in [0.5, 0.6) is 0 Å². The van der Waals surface area contributed by atoms with Crippen LogP contribution in [0.1, 0.15) is 77.2 Å². The molecule has 3 aliphatic rings. The summed E-state index contributed by atoms with van der Waals surface area (Å²) in [6.07, 6.45) is 7.67. The Morgan fingerprint density at radius 1 is 1.11 bits per heavy atom. The quantitative estimate of drug-likeness (QED) is 0.538. The first-order chi connectivity index (χ1) is 17.2. The zero-order valence-electron chi connectivity index (χ0n) is 22.8. The third-order valence-corrected chi connectivity index (χ3v) is 8.23. The number of ether oxygens (including phenoxy) is 1. The van der Waals surface area contributed by atoms with Gasteiger partial charge < -0.3 is 20.1 Å². The molecule has 2 saturated carbocycles. The van der Waals surface area contributed by atoms with Crippen LogP contribution in [-0.2, 0) is 21.4 Å². The summed E-state index contributed by atoms with van der Waals surface area (Å²) in [5.74, 6) is 2.92. The minimum atomic E-state index is -0.265. The molecule has 1 saturated heterocycles. The number of aromatic nitrogens is 2. The average Bonchev–Trinajstić information content (AvgIpc) is 2.84. The predicted molar refractivity (Wildman–Crippen MR) is 142 cm³/mol. The molecule has 2 N–H and O–H groups in total. The Balaban J connectivity index is 1.19. The maximum atomic E-state index is 12.3. The highest BCUT2D eigenvalue weighted by molar-refractivity contribution is 5.79. The van der Waals surface area contributed by atoms with E-state index in [2.05, 4.69) is 42.0 Å². The molecule has 2 heterocycles. The van der Waals surface area contributed by atoms with Gasteiger partial charge in [-0.25, -0.2) is 9.97 Å². The molecule has 0 spiro atoms. The van der Waals surface area contributed by atoms with Gasteiger partial charge in [0.25, 0.3) is 0 Å². The van der Waals surface area contributed by atoms with Crippen LogP contribution in [0.2, 0.25) is 0 Å². The van der Waals surface area contributed by atoms with E-state index in [1.807, 2.05) is 0 Å². The molecule has 4 rings (SSSR count). The second-order valence-electron chi connectivity index (χ2n) is 12.2. The Hall–Kier alpha value is -1.77. The van der Waals surface area contributed by atoms with Gasteiger partial charge in [-0.2, -0.15) is 0 Å². The number of hydrogen-bond acceptors (Lipinski definition) is 7. The molecule has 8 nitrogen and oxygen atoms in total. The fourth-order valence-electron chi connectivity index (χ4n) is 5.60. The number of anilines is 1. The Morgan fingerprint density at radius 3 is 2.42 bits per heavy atom. The number of methoxy groups -OCH3 is 1. The van der Waals surface area contributed by atoms with E-state index in [9.17, 15) is 9.90 Å². The Bertz CT molecular complexity index is 851. The van der Waals surface area contributed by atoms with E-state index in [1.165, 1.54) is 19.3 Å². The van der Waals surface area contributed by atoms with Crippen LogP contribution in [0, 0.1) is 11.8 Å². The molecule has 2 aliphatic carbocycles. The number of hydrogen-bond donors (Lipinski definition) is 2. The second kappa shape index (κ2) is 12.2. The van der Waals surface area contributed by atoms with E-state index < -0.39 is 0 Å². The summed E-state index contributed by atoms with van der Waals surface area (Å²) >= 11 is 0. The van der Waals surface area contributed by atoms with Gasteiger partial charge >= 0.3 is 0 Å². The summed E-state index contributed by atoms with van der Waals surface area (Å²) < 4.78 is 5.28. The fraction of sp³-hybridized carbons (Fsp3) is 0.821. The van der Waals surface area contributed by atoms with Crippen LogP contribution in [0.3, 0.4) is 0 Å². The van der Waals surface area contributed by atoms with Crippen LogP contribution >= 0.6 is 0 Å². The monoisotopic (exact) mass is 501 g/mol. The first-order valence-electron chi connectivity index (χ1n) is 14.0. The summed E-state index contributed by atoms with van der Waals surface area (Å²) in [5.41, 5.74) is 0.979. The van der Waals surface area contributed by atoms with E-state index in [0.29, 0.717) is 25.5 Å². The molecule has 0 aromatic carbocycles. The number of carbonyl (C=O) groups is 1. The van der Waals surface area contributed by atoms with Crippen molar-refractivity contribution in [3.8, 4) is 0 Å². The normalized spacial score (nSPS) is 27.5. The molecule has 0 atom stereocenters. The van der Waals surface area contributed by atoms with Crippen molar-refractivity contribution in [2.75, 3.05) is 51.3 Å². The predicted octanol–water partition coefficient (Wildman–Crippen LogP) is 2.92. The number of nitrogens with zero attached hydrogens (tertiary/aromatic N) is 4. The average molecular weight is 502 g/mol. The summed E-state index contributed by atoms with van der Waals surface area (Å²) in [4.78, 5) is 27.0. The number of aliphatic hydroxyl groups is 1. The maximum Gasteiger partial charge on any atom is 0.223 e. The Morgan fingerprint density at radius 2 is 1.81 bits per heavy atom. The Kier molecular flexibility index (Phi) is 9.23. The highest BCUT2D eigenvalue weighted by atomic mass is 16.5. The van der Waals surface area contributed by atoms with Crippen molar-refractivity contribution in [1.82, 2.24) is 20.2 Å². The number of aliphatic hydroxyl groups excluding tert-OH is 1.